The molecule has 1 N–H and O–H groups in total. The van der Waals surface area contributed by atoms with E-state index in [1.54, 1.807) is 0 Å². The van der Waals surface area contributed by atoms with E-state index >= 15 is 0 Å². The molecule has 17 heavy (non-hydrogen) atoms. The Morgan fingerprint density at radius 1 is 0.882 bits per heavy atom. The van der Waals surface area contributed by atoms with Crippen molar-refractivity contribution in [2.24, 2.45) is 0 Å². The van der Waals surface area contributed by atoms with Crippen LogP contribution in [0.4, 0.5) is 5.69 Å². The molecule has 0 unspecified atom stereocenters. The summed E-state index contributed by atoms with van der Waals surface area (Å²) in [5.74, 6) is 0.573. The van der Waals surface area contributed by atoms with E-state index < -0.39 is 0 Å². The van der Waals surface area contributed by atoms with Crippen molar-refractivity contribution in [1.29, 1.82) is 0 Å². The molecule has 2 aromatic rings. The zero-order chi connectivity index (χ0) is 12.1. The maximum absolute atomic E-state index is 3.46. The topological polar surface area (TPSA) is 12.0 Å². The van der Waals surface area contributed by atoms with Crippen LogP contribution in [0.15, 0.2) is 54.6 Å². The molecule has 0 saturated heterocycles. The summed E-state index contributed by atoms with van der Waals surface area (Å²) in [6, 6.07) is 19.0. The highest BCUT2D eigenvalue weighted by Gasteiger charge is 2.04. The van der Waals surface area contributed by atoms with Crippen LogP contribution in [0.25, 0.3) is 0 Å². The van der Waals surface area contributed by atoms with Crippen molar-refractivity contribution >= 4 is 5.69 Å². The van der Waals surface area contributed by atoms with Crippen LogP contribution in [0.1, 0.15) is 30.9 Å². The molecule has 0 amide bonds. The van der Waals surface area contributed by atoms with Crippen molar-refractivity contribution in [3.8, 4) is 0 Å². The van der Waals surface area contributed by atoms with Crippen molar-refractivity contribution in [1.82, 2.24) is 0 Å². The monoisotopic (exact) mass is 225 g/mol. The number of benzene rings is 2. The molecular formula is C16H19N. The summed E-state index contributed by atoms with van der Waals surface area (Å²) in [5, 5.41) is 3.46. The van der Waals surface area contributed by atoms with Gasteiger partial charge in [0.25, 0.3) is 0 Å². The van der Waals surface area contributed by atoms with Gasteiger partial charge in [-0.3, -0.25) is 0 Å². The van der Waals surface area contributed by atoms with Gasteiger partial charge < -0.3 is 5.32 Å². The van der Waals surface area contributed by atoms with Crippen molar-refractivity contribution in [2.45, 2.75) is 26.3 Å². The fourth-order valence-corrected chi connectivity index (χ4v) is 2.01. The zero-order valence-electron chi connectivity index (χ0n) is 10.5. The first-order chi connectivity index (χ1) is 8.27. The fraction of sp³-hybridized carbons (Fsp3) is 0.250. The molecule has 0 aliphatic heterocycles. The van der Waals surface area contributed by atoms with Gasteiger partial charge in [-0.2, -0.15) is 0 Å². The number of anilines is 1. The number of para-hydroxylation sites is 1. The van der Waals surface area contributed by atoms with Gasteiger partial charge in [0.1, 0.15) is 0 Å². The second-order valence-corrected chi connectivity index (χ2v) is 4.57. The highest BCUT2D eigenvalue weighted by atomic mass is 14.9. The van der Waals surface area contributed by atoms with Crippen molar-refractivity contribution in [2.75, 3.05) is 5.32 Å². The lowest BCUT2D eigenvalue weighted by atomic mass is 9.97. The number of hydrogen-bond acceptors (Lipinski definition) is 1. The molecule has 1 heteroatoms. The Bertz CT molecular complexity index is 460. The second kappa shape index (κ2) is 5.53. The zero-order valence-corrected chi connectivity index (χ0v) is 10.5. The van der Waals surface area contributed by atoms with E-state index in [1.165, 1.54) is 16.8 Å². The number of rotatable bonds is 4. The molecule has 0 atom stereocenters. The van der Waals surface area contributed by atoms with Crippen LogP contribution in [-0.2, 0) is 6.54 Å². The fourth-order valence-electron chi connectivity index (χ4n) is 2.01. The largest absolute Gasteiger partial charge is 0.381 e. The molecule has 0 aliphatic carbocycles. The summed E-state index contributed by atoms with van der Waals surface area (Å²) in [6.45, 7) is 5.36. The van der Waals surface area contributed by atoms with E-state index in [4.69, 9.17) is 0 Å². The van der Waals surface area contributed by atoms with Crippen LogP contribution in [0.5, 0.6) is 0 Å². The summed E-state index contributed by atoms with van der Waals surface area (Å²) in [4.78, 5) is 0. The SMILES string of the molecule is CC(C)c1ccccc1CNc1ccccc1. The first-order valence-corrected chi connectivity index (χ1v) is 6.14. The summed E-state index contributed by atoms with van der Waals surface area (Å²) in [6.07, 6.45) is 0. The van der Waals surface area contributed by atoms with Crippen LogP contribution >= 0.6 is 0 Å². The molecule has 88 valence electrons. The van der Waals surface area contributed by atoms with Crippen molar-refractivity contribution < 1.29 is 0 Å². The molecular weight excluding hydrogens is 206 g/mol. The predicted molar refractivity (Wildman–Crippen MR) is 74.3 cm³/mol. The van der Waals surface area contributed by atoms with Gasteiger partial charge in [0.15, 0.2) is 0 Å². The minimum Gasteiger partial charge on any atom is -0.381 e. The Balaban J connectivity index is 2.09. The lowest BCUT2D eigenvalue weighted by molar-refractivity contribution is 0.846. The van der Waals surface area contributed by atoms with Gasteiger partial charge >= 0.3 is 0 Å². The average molecular weight is 225 g/mol. The average Bonchev–Trinajstić information content (AvgIpc) is 2.38. The maximum Gasteiger partial charge on any atom is 0.0403 e. The molecule has 0 aromatic heterocycles. The lowest BCUT2D eigenvalue weighted by Gasteiger charge is -2.13. The van der Waals surface area contributed by atoms with Crippen LogP contribution < -0.4 is 5.32 Å². The molecule has 0 aliphatic rings. The van der Waals surface area contributed by atoms with Crippen LogP contribution in [-0.4, -0.2) is 0 Å². The van der Waals surface area contributed by atoms with Gasteiger partial charge in [0.2, 0.25) is 0 Å². The highest BCUT2D eigenvalue weighted by molar-refractivity contribution is 5.44. The summed E-state index contributed by atoms with van der Waals surface area (Å²) in [5.41, 5.74) is 3.98. The predicted octanol–water partition coefficient (Wildman–Crippen LogP) is 4.42. The number of hydrogen-bond donors (Lipinski definition) is 1. The van der Waals surface area contributed by atoms with Gasteiger partial charge in [-0.15, -0.1) is 0 Å². The van der Waals surface area contributed by atoms with Gasteiger partial charge in [-0.25, -0.2) is 0 Å². The Hall–Kier alpha value is -1.76. The number of nitrogens with one attached hydrogen (secondary N) is 1. The Morgan fingerprint density at radius 3 is 2.24 bits per heavy atom. The van der Waals surface area contributed by atoms with Gasteiger partial charge in [0.05, 0.1) is 0 Å². The summed E-state index contributed by atoms with van der Waals surface area (Å²) < 4.78 is 0. The van der Waals surface area contributed by atoms with Crippen LogP contribution in [0.3, 0.4) is 0 Å². The lowest BCUT2D eigenvalue weighted by Crippen LogP contribution is -2.03. The molecule has 0 spiro atoms. The van der Waals surface area contributed by atoms with Gasteiger partial charge in [-0.1, -0.05) is 56.3 Å². The Labute approximate surface area is 103 Å². The second-order valence-electron chi connectivity index (χ2n) is 4.57. The van der Waals surface area contributed by atoms with Crippen molar-refractivity contribution in [3.05, 3.63) is 65.7 Å². The van der Waals surface area contributed by atoms with E-state index in [0.717, 1.165) is 6.54 Å². The normalized spacial score (nSPS) is 10.5. The molecule has 2 rings (SSSR count). The van der Waals surface area contributed by atoms with Crippen molar-refractivity contribution in [3.63, 3.8) is 0 Å². The molecule has 0 bridgehead atoms. The standard InChI is InChI=1S/C16H19N/c1-13(2)16-11-7-6-8-14(16)12-17-15-9-4-3-5-10-15/h3-11,13,17H,12H2,1-2H3. The van der Waals surface area contributed by atoms with Crippen LogP contribution in [0, 0.1) is 0 Å². The van der Waals surface area contributed by atoms with E-state index in [1.807, 2.05) is 6.07 Å². The molecule has 0 fully saturated rings. The van der Waals surface area contributed by atoms with E-state index in [-0.39, 0.29) is 0 Å². The smallest absolute Gasteiger partial charge is 0.0403 e. The maximum atomic E-state index is 3.46. The summed E-state index contributed by atoms with van der Waals surface area (Å²) >= 11 is 0. The van der Waals surface area contributed by atoms with Gasteiger partial charge in [0, 0.05) is 12.2 Å². The molecule has 0 radical (unpaired) electrons. The van der Waals surface area contributed by atoms with E-state index in [2.05, 4.69) is 67.7 Å². The first kappa shape index (κ1) is 11.7. The molecule has 1 nitrogen and oxygen atoms in total. The third kappa shape index (κ3) is 3.10. The third-order valence-corrected chi connectivity index (χ3v) is 2.93. The highest BCUT2D eigenvalue weighted by Crippen LogP contribution is 2.20. The van der Waals surface area contributed by atoms with Crippen LogP contribution in [0.2, 0.25) is 0 Å². The quantitative estimate of drug-likeness (QED) is 0.812. The molecule has 0 saturated carbocycles. The minimum absolute atomic E-state index is 0.573. The van der Waals surface area contributed by atoms with E-state index in [9.17, 15) is 0 Å². The molecule has 0 heterocycles. The first-order valence-electron chi connectivity index (χ1n) is 6.14. The third-order valence-electron chi connectivity index (χ3n) is 2.93. The Morgan fingerprint density at radius 2 is 1.53 bits per heavy atom. The Kier molecular flexibility index (Phi) is 3.81. The van der Waals surface area contributed by atoms with Gasteiger partial charge in [-0.05, 0) is 29.2 Å². The summed E-state index contributed by atoms with van der Waals surface area (Å²) in [7, 11) is 0. The van der Waals surface area contributed by atoms with E-state index in [0.29, 0.717) is 5.92 Å². The molecule has 2 aromatic carbocycles. The minimum atomic E-state index is 0.573.